The fourth-order valence-corrected chi connectivity index (χ4v) is 3.11. The molecule has 26 heavy (non-hydrogen) atoms. The van der Waals surface area contributed by atoms with Gasteiger partial charge in [0.25, 0.3) is 5.91 Å². The van der Waals surface area contributed by atoms with Crippen LogP contribution >= 0.6 is 0 Å². The van der Waals surface area contributed by atoms with E-state index >= 15 is 0 Å². The van der Waals surface area contributed by atoms with Crippen LogP contribution in [0.25, 0.3) is 0 Å². The molecule has 0 bridgehead atoms. The summed E-state index contributed by atoms with van der Waals surface area (Å²) >= 11 is 0. The lowest BCUT2D eigenvalue weighted by atomic mass is 10.1. The van der Waals surface area contributed by atoms with Gasteiger partial charge in [0.2, 0.25) is 0 Å². The summed E-state index contributed by atoms with van der Waals surface area (Å²) in [5.41, 5.74) is 1.75. The minimum atomic E-state index is 0.0552. The first-order valence-electron chi connectivity index (χ1n) is 8.56. The van der Waals surface area contributed by atoms with Crippen molar-refractivity contribution in [3.63, 3.8) is 0 Å². The predicted molar refractivity (Wildman–Crippen MR) is 101 cm³/mol. The number of hydrogen-bond donors (Lipinski definition) is 0. The summed E-state index contributed by atoms with van der Waals surface area (Å²) < 4.78 is 15.8. The number of nitrogens with zero attached hydrogens (tertiary/aromatic N) is 2. The van der Waals surface area contributed by atoms with Crippen molar-refractivity contribution in [3.05, 3.63) is 48.0 Å². The molecular weight excluding hydrogens is 332 g/mol. The Morgan fingerprint density at radius 2 is 1.46 bits per heavy atom. The summed E-state index contributed by atoms with van der Waals surface area (Å²) in [6.07, 6.45) is 0. The number of rotatable bonds is 5. The molecule has 0 radical (unpaired) electrons. The van der Waals surface area contributed by atoms with Gasteiger partial charge in [0.1, 0.15) is 5.75 Å². The maximum atomic E-state index is 12.7. The molecule has 6 heteroatoms. The number of piperazine rings is 1. The first-order valence-corrected chi connectivity index (χ1v) is 8.56. The van der Waals surface area contributed by atoms with Crippen LogP contribution in [-0.4, -0.2) is 58.3 Å². The van der Waals surface area contributed by atoms with Gasteiger partial charge >= 0.3 is 0 Å². The fraction of sp³-hybridized carbons (Fsp3) is 0.350. The van der Waals surface area contributed by atoms with Crippen LogP contribution in [0, 0.1) is 0 Å². The van der Waals surface area contributed by atoms with E-state index in [-0.39, 0.29) is 5.91 Å². The Morgan fingerprint density at radius 1 is 0.808 bits per heavy atom. The number of amides is 1. The normalized spacial score (nSPS) is 14.1. The molecule has 1 fully saturated rings. The van der Waals surface area contributed by atoms with Crippen LogP contribution in [0.4, 0.5) is 5.69 Å². The third kappa shape index (κ3) is 3.69. The average Bonchev–Trinajstić information content (AvgIpc) is 2.73. The molecule has 0 spiro atoms. The zero-order chi connectivity index (χ0) is 18.5. The molecule has 3 rings (SSSR count). The van der Waals surface area contributed by atoms with E-state index in [2.05, 4.69) is 4.90 Å². The molecule has 0 atom stereocenters. The number of anilines is 1. The second-order valence-corrected chi connectivity index (χ2v) is 6.05. The van der Waals surface area contributed by atoms with Crippen molar-refractivity contribution in [1.82, 2.24) is 4.90 Å². The van der Waals surface area contributed by atoms with Crippen molar-refractivity contribution in [2.24, 2.45) is 0 Å². The van der Waals surface area contributed by atoms with E-state index in [0.717, 1.165) is 24.5 Å². The zero-order valence-electron chi connectivity index (χ0n) is 15.4. The summed E-state index contributed by atoms with van der Waals surface area (Å²) in [7, 11) is 4.87. The number of methoxy groups -OCH3 is 3. The molecule has 0 aliphatic carbocycles. The molecule has 1 saturated heterocycles. The monoisotopic (exact) mass is 356 g/mol. The largest absolute Gasteiger partial charge is 0.497 e. The summed E-state index contributed by atoms with van der Waals surface area (Å²) in [6, 6.07) is 13.1. The molecule has 6 nitrogen and oxygen atoms in total. The van der Waals surface area contributed by atoms with Crippen molar-refractivity contribution >= 4 is 11.6 Å². The number of hydrogen-bond acceptors (Lipinski definition) is 5. The standard InChI is InChI=1S/C20H24N2O4/c1-24-17-7-4-15(5-8-17)20(23)22-12-10-21(11-13-22)16-6-9-18(25-2)19(14-16)26-3/h4-9,14H,10-13H2,1-3H3. The Labute approximate surface area is 153 Å². The molecule has 2 aromatic carbocycles. The van der Waals surface area contributed by atoms with Crippen molar-refractivity contribution in [1.29, 1.82) is 0 Å². The van der Waals surface area contributed by atoms with Crippen LogP contribution in [0.3, 0.4) is 0 Å². The Kier molecular flexibility index (Phi) is 5.51. The van der Waals surface area contributed by atoms with Crippen LogP contribution in [0.1, 0.15) is 10.4 Å². The topological polar surface area (TPSA) is 51.2 Å². The zero-order valence-corrected chi connectivity index (χ0v) is 15.4. The SMILES string of the molecule is COc1ccc(C(=O)N2CCN(c3ccc(OC)c(OC)c3)CC2)cc1. The van der Waals surface area contributed by atoms with E-state index in [1.54, 1.807) is 21.3 Å². The highest BCUT2D eigenvalue weighted by Crippen LogP contribution is 2.32. The molecule has 0 aromatic heterocycles. The molecule has 1 heterocycles. The second-order valence-electron chi connectivity index (χ2n) is 6.05. The summed E-state index contributed by atoms with van der Waals surface area (Å²) in [4.78, 5) is 16.8. The van der Waals surface area contributed by atoms with Crippen molar-refractivity contribution in [2.75, 3.05) is 52.4 Å². The number of benzene rings is 2. The highest BCUT2D eigenvalue weighted by atomic mass is 16.5. The molecule has 1 amide bonds. The van der Waals surface area contributed by atoms with E-state index in [1.165, 1.54) is 0 Å². The van der Waals surface area contributed by atoms with Crippen molar-refractivity contribution < 1.29 is 19.0 Å². The first kappa shape index (κ1) is 17.9. The van der Waals surface area contributed by atoms with E-state index in [9.17, 15) is 4.79 Å². The fourth-order valence-electron chi connectivity index (χ4n) is 3.11. The van der Waals surface area contributed by atoms with Gasteiger partial charge in [-0.2, -0.15) is 0 Å². The van der Waals surface area contributed by atoms with E-state index in [0.29, 0.717) is 30.2 Å². The molecule has 138 valence electrons. The maximum absolute atomic E-state index is 12.7. The Hall–Kier alpha value is -2.89. The molecule has 2 aromatic rings. The predicted octanol–water partition coefficient (Wildman–Crippen LogP) is 2.67. The Bertz CT molecular complexity index is 753. The van der Waals surface area contributed by atoms with Gasteiger partial charge in [-0.15, -0.1) is 0 Å². The molecule has 0 unspecified atom stereocenters. The Morgan fingerprint density at radius 3 is 2.04 bits per heavy atom. The van der Waals surface area contributed by atoms with E-state index < -0.39 is 0 Å². The summed E-state index contributed by atoms with van der Waals surface area (Å²) in [6.45, 7) is 2.91. The van der Waals surface area contributed by atoms with Crippen LogP contribution < -0.4 is 19.1 Å². The summed E-state index contributed by atoms with van der Waals surface area (Å²) in [5, 5.41) is 0. The first-order chi connectivity index (χ1) is 12.7. The highest BCUT2D eigenvalue weighted by molar-refractivity contribution is 5.94. The molecule has 0 saturated carbocycles. The lowest BCUT2D eigenvalue weighted by Crippen LogP contribution is -2.48. The third-order valence-electron chi connectivity index (χ3n) is 4.64. The van der Waals surface area contributed by atoms with Gasteiger partial charge in [-0.05, 0) is 36.4 Å². The average molecular weight is 356 g/mol. The van der Waals surface area contributed by atoms with Gasteiger partial charge in [0.15, 0.2) is 11.5 Å². The van der Waals surface area contributed by atoms with E-state index in [1.807, 2.05) is 47.4 Å². The van der Waals surface area contributed by atoms with Gasteiger partial charge in [-0.3, -0.25) is 4.79 Å². The highest BCUT2D eigenvalue weighted by Gasteiger charge is 2.23. The van der Waals surface area contributed by atoms with Gasteiger partial charge in [-0.25, -0.2) is 0 Å². The maximum Gasteiger partial charge on any atom is 0.253 e. The molecule has 0 N–H and O–H groups in total. The number of ether oxygens (including phenoxy) is 3. The van der Waals surface area contributed by atoms with Gasteiger partial charge in [0.05, 0.1) is 21.3 Å². The van der Waals surface area contributed by atoms with Crippen LogP contribution in [0.15, 0.2) is 42.5 Å². The van der Waals surface area contributed by atoms with Crippen LogP contribution in [-0.2, 0) is 0 Å². The second kappa shape index (κ2) is 7.99. The lowest BCUT2D eigenvalue weighted by molar-refractivity contribution is 0.0746. The third-order valence-corrected chi connectivity index (χ3v) is 4.64. The van der Waals surface area contributed by atoms with Crippen molar-refractivity contribution in [3.8, 4) is 17.2 Å². The molecule has 1 aliphatic rings. The molecule has 1 aliphatic heterocycles. The minimum absolute atomic E-state index is 0.0552. The smallest absolute Gasteiger partial charge is 0.253 e. The van der Waals surface area contributed by atoms with Gasteiger partial charge < -0.3 is 24.0 Å². The Balaban J connectivity index is 1.64. The summed E-state index contributed by atoms with van der Waals surface area (Å²) in [5.74, 6) is 2.23. The number of carbonyl (C=O) groups is 1. The van der Waals surface area contributed by atoms with E-state index in [4.69, 9.17) is 14.2 Å². The van der Waals surface area contributed by atoms with Crippen molar-refractivity contribution in [2.45, 2.75) is 0 Å². The van der Waals surface area contributed by atoms with Gasteiger partial charge in [-0.1, -0.05) is 0 Å². The quantitative estimate of drug-likeness (QED) is 0.824. The lowest BCUT2D eigenvalue weighted by Gasteiger charge is -2.36. The van der Waals surface area contributed by atoms with Crippen LogP contribution in [0.2, 0.25) is 0 Å². The van der Waals surface area contributed by atoms with Crippen LogP contribution in [0.5, 0.6) is 17.2 Å². The van der Waals surface area contributed by atoms with Gasteiger partial charge in [0, 0.05) is 43.5 Å². The molecular formula is C20H24N2O4. The minimum Gasteiger partial charge on any atom is -0.497 e. The number of carbonyl (C=O) groups excluding carboxylic acids is 1.